The molecule has 118 valence electrons. The predicted molar refractivity (Wildman–Crippen MR) is 74.0 cm³/mol. The Morgan fingerprint density at radius 1 is 1.29 bits per heavy atom. The predicted octanol–water partition coefficient (Wildman–Crippen LogP) is 3.16. The van der Waals surface area contributed by atoms with Crippen LogP contribution in [0.3, 0.4) is 0 Å². The highest BCUT2D eigenvalue weighted by Crippen LogP contribution is 2.38. The lowest BCUT2D eigenvalue weighted by atomic mass is 10.1. The molecule has 21 heavy (non-hydrogen) atoms. The molecule has 1 aromatic rings. The lowest BCUT2D eigenvalue weighted by Crippen LogP contribution is -2.14. The topological polar surface area (TPSA) is 39.7 Å². The Labute approximate surface area is 124 Å². The average Bonchev–Trinajstić information content (AvgIpc) is 2.86. The third-order valence-electron chi connectivity index (χ3n) is 2.73. The van der Waals surface area contributed by atoms with E-state index in [0.29, 0.717) is 23.8 Å². The van der Waals surface area contributed by atoms with E-state index in [4.69, 9.17) is 14.2 Å². The van der Waals surface area contributed by atoms with Crippen LogP contribution >= 0.6 is 11.8 Å². The monoisotopic (exact) mass is 323 g/mol. The van der Waals surface area contributed by atoms with Gasteiger partial charge in [-0.3, -0.25) is 0 Å². The van der Waals surface area contributed by atoms with Crippen LogP contribution in [0.25, 0.3) is 0 Å². The van der Waals surface area contributed by atoms with Crippen LogP contribution in [0.2, 0.25) is 0 Å². The van der Waals surface area contributed by atoms with Gasteiger partial charge in [0.25, 0.3) is 0 Å². The molecule has 2 rings (SSSR count). The second kappa shape index (κ2) is 7.13. The molecule has 0 bridgehead atoms. The van der Waals surface area contributed by atoms with E-state index in [0.717, 1.165) is 12.1 Å². The van der Waals surface area contributed by atoms with Gasteiger partial charge in [-0.05, 0) is 24.4 Å². The first-order valence-electron chi connectivity index (χ1n) is 6.46. The molecule has 1 heterocycles. The maximum absolute atomic E-state index is 12.1. The molecule has 0 aliphatic carbocycles. The van der Waals surface area contributed by atoms with Gasteiger partial charge in [-0.15, -0.1) is 0 Å². The Hall–Kier alpha value is -1.28. The Balaban J connectivity index is 1.99. The molecule has 0 spiro atoms. The normalized spacial score (nSPS) is 13.5. The number of halogens is 3. The summed E-state index contributed by atoms with van der Waals surface area (Å²) >= 11 is -0.0946. The lowest BCUT2D eigenvalue weighted by Gasteiger charge is -2.13. The van der Waals surface area contributed by atoms with Gasteiger partial charge in [-0.25, -0.2) is 0 Å². The van der Waals surface area contributed by atoms with Crippen molar-refractivity contribution in [2.45, 2.75) is 19.0 Å². The summed E-state index contributed by atoms with van der Waals surface area (Å²) in [6.07, 6.45) is 0. The van der Waals surface area contributed by atoms with Gasteiger partial charge < -0.3 is 19.5 Å². The van der Waals surface area contributed by atoms with Gasteiger partial charge in [-0.2, -0.15) is 13.2 Å². The molecule has 0 fully saturated rings. The Morgan fingerprint density at radius 3 is 2.67 bits per heavy atom. The maximum atomic E-state index is 12.1. The third-order valence-corrected chi connectivity index (χ3v) is 3.43. The first-order valence-corrected chi connectivity index (χ1v) is 7.45. The number of ether oxygens (including phenoxy) is 3. The minimum Gasteiger partial charge on any atom is -0.492 e. The quantitative estimate of drug-likeness (QED) is 0.781. The summed E-state index contributed by atoms with van der Waals surface area (Å²) < 4.78 is 52.2. The number of fused-ring (bicyclic) bond motifs is 1. The number of nitrogens with one attached hydrogen (secondary N) is 1. The van der Waals surface area contributed by atoms with Crippen molar-refractivity contribution in [1.29, 1.82) is 0 Å². The van der Waals surface area contributed by atoms with E-state index in [1.165, 1.54) is 0 Å². The molecular formula is C13H16F3NO3S. The maximum Gasteiger partial charge on any atom is 0.441 e. The molecule has 0 aromatic heterocycles. The fraction of sp³-hybridized carbons (Fsp3) is 0.538. The van der Waals surface area contributed by atoms with Gasteiger partial charge in [0, 0.05) is 23.9 Å². The van der Waals surface area contributed by atoms with Gasteiger partial charge >= 0.3 is 5.51 Å². The Bertz CT molecular complexity index is 482. The minimum atomic E-state index is -4.23. The van der Waals surface area contributed by atoms with Crippen LogP contribution in [0.15, 0.2) is 12.1 Å². The van der Waals surface area contributed by atoms with Crippen LogP contribution < -0.4 is 19.5 Å². The van der Waals surface area contributed by atoms with E-state index in [9.17, 15) is 13.2 Å². The number of alkyl halides is 3. The number of thioether (sulfide) groups is 1. The summed E-state index contributed by atoms with van der Waals surface area (Å²) in [4.78, 5) is 0. The molecule has 0 radical (unpaired) electrons. The number of hydrogen-bond donors (Lipinski definition) is 1. The first kappa shape index (κ1) is 16.1. The minimum absolute atomic E-state index is 0.0249. The van der Waals surface area contributed by atoms with Gasteiger partial charge in [0.1, 0.15) is 5.75 Å². The second-order valence-corrected chi connectivity index (χ2v) is 5.40. The van der Waals surface area contributed by atoms with Crippen LogP contribution in [0.4, 0.5) is 13.2 Å². The molecule has 0 saturated heterocycles. The highest BCUT2D eigenvalue weighted by Gasteiger charge is 2.27. The number of rotatable bonds is 7. The highest BCUT2D eigenvalue weighted by molar-refractivity contribution is 8.00. The number of hydrogen-bond acceptors (Lipinski definition) is 5. The summed E-state index contributed by atoms with van der Waals surface area (Å²) in [7, 11) is 0. The van der Waals surface area contributed by atoms with Crippen molar-refractivity contribution in [1.82, 2.24) is 5.32 Å². The molecule has 4 nitrogen and oxygen atoms in total. The summed E-state index contributed by atoms with van der Waals surface area (Å²) in [5.74, 6) is 1.54. The van der Waals surface area contributed by atoms with Crippen LogP contribution in [0, 0.1) is 0 Å². The summed E-state index contributed by atoms with van der Waals surface area (Å²) in [6, 6.07) is 3.45. The van der Waals surface area contributed by atoms with E-state index in [1.54, 1.807) is 12.1 Å². The van der Waals surface area contributed by atoms with E-state index in [2.05, 4.69) is 5.32 Å². The van der Waals surface area contributed by atoms with Crippen molar-refractivity contribution >= 4 is 11.8 Å². The number of benzene rings is 1. The van der Waals surface area contributed by atoms with E-state index >= 15 is 0 Å². The van der Waals surface area contributed by atoms with Crippen molar-refractivity contribution in [2.75, 3.05) is 25.7 Å². The van der Waals surface area contributed by atoms with Gasteiger partial charge in [0.15, 0.2) is 11.5 Å². The molecule has 0 atom stereocenters. The van der Waals surface area contributed by atoms with Crippen LogP contribution in [-0.2, 0) is 6.54 Å². The Kier molecular flexibility index (Phi) is 5.46. The molecule has 0 unspecified atom stereocenters. The van der Waals surface area contributed by atoms with Gasteiger partial charge in [0.05, 0.1) is 6.61 Å². The smallest absolute Gasteiger partial charge is 0.441 e. The lowest BCUT2D eigenvalue weighted by molar-refractivity contribution is -0.0329. The fourth-order valence-corrected chi connectivity index (χ4v) is 2.20. The largest absolute Gasteiger partial charge is 0.492 e. The zero-order valence-electron chi connectivity index (χ0n) is 11.5. The zero-order chi connectivity index (χ0) is 15.3. The molecule has 8 heteroatoms. The van der Waals surface area contributed by atoms with Crippen molar-refractivity contribution in [3.63, 3.8) is 0 Å². The van der Waals surface area contributed by atoms with Crippen LogP contribution in [0.5, 0.6) is 17.2 Å². The first-order chi connectivity index (χ1) is 9.99. The molecule has 0 saturated carbocycles. The van der Waals surface area contributed by atoms with E-state index in [1.807, 2.05) is 6.92 Å². The zero-order valence-corrected chi connectivity index (χ0v) is 12.3. The van der Waals surface area contributed by atoms with E-state index < -0.39 is 5.51 Å². The highest BCUT2D eigenvalue weighted by atomic mass is 32.2. The summed E-state index contributed by atoms with van der Waals surface area (Å²) in [6.45, 7) is 3.41. The molecule has 0 amide bonds. The van der Waals surface area contributed by atoms with Gasteiger partial charge in [-0.1, -0.05) is 6.92 Å². The third kappa shape index (κ3) is 4.89. The van der Waals surface area contributed by atoms with Crippen LogP contribution in [-0.4, -0.2) is 31.2 Å². The SMILES string of the molecule is CCNCc1cc2c(cc1OCCSC(F)(F)F)OCO2. The van der Waals surface area contributed by atoms with Crippen molar-refractivity contribution in [2.24, 2.45) is 0 Å². The van der Waals surface area contributed by atoms with Gasteiger partial charge in [0.2, 0.25) is 6.79 Å². The molecular weight excluding hydrogens is 307 g/mol. The van der Waals surface area contributed by atoms with Crippen molar-refractivity contribution in [3.05, 3.63) is 17.7 Å². The Morgan fingerprint density at radius 2 is 2.00 bits per heavy atom. The molecule has 1 aliphatic heterocycles. The second-order valence-electron chi connectivity index (χ2n) is 4.24. The average molecular weight is 323 g/mol. The summed E-state index contributed by atoms with van der Waals surface area (Å²) in [5, 5.41) is 3.15. The van der Waals surface area contributed by atoms with E-state index in [-0.39, 0.29) is 30.9 Å². The van der Waals surface area contributed by atoms with Crippen molar-refractivity contribution in [3.8, 4) is 17.2 Å². The molecule has 1 aliphatic rings. The summed E-state index contributed by atoms with van der Waals surface area (Å²) in [5.41, 5.74) is -3.40. The molecule has 1 N–H and O–H groups in total. The van der Waals surface area contributed by atoms with Crippen molar-refractivity contribution < 1.29 is 27.4 Å². The fourth-order valence-electron chi connectivity index (χ4n) is 1.81. The molecule has 1 aromatic carbocycles. The standard InChI is InChI=1S/C13H16F3NO3S/c1-2-17-7-9-5-11-12(20-8-19-11)6-10(9)18-3-4-21-13(14,15)16/h5-6,17H,2-4,7-8H2,1H3. The van der Waals surface area contributed by atoms with Crippen LogP contribution in [0.1, 0.15) is 12.5 Å².